The molecule has 0 aliphatic rings. The number of amides is 1. The summed E-state index contributed by atoms with van der Waals surface area (Å²) in [7, 11) is 0. The second-order valence-electron chi connectivity index (χ2n) is 4.91. The van der Waals surface area contributed by atoms with Gasteiger partial charge in [-0.1, -0.05) is 12.1 Å². The first-order chi connectivity index (χ1) is 10.0. The van der Waals surface area contributed by atoms with Crippen molar-refractivity contribution in [1.29, 1.82) is 0 Å². The van der Waals surface area contributed by atoms with E-state index in [1.807, 2.05) is 38.1 Å². The molecular weight excluding hydrogens is 266 g/mol. The number of aryl methyl sites for hydroxylation is 1. The summed E-state index contributed by atoms with van der Waals surface area (Å²) in [5, 5.41) is 0. The van der Waals surface area contributed by atoms with E-state index in [0.29, 0.717) is 12.2 Å². The van der Waals surface area contributed by atoms with E-state index in [1.54, 1.807) is 4.90 Å². The largest absolute Gasteiger partial charge is 0.398 e. The van der Waals surface area contributed by atoms with Gasteiger partial charge in [-0.15, -0.1) is 0 Å². The average molecular weight is 285 g/mol. The van der Waals surface area contributed by atoms with Crippen molar-refractivity contribution in [1.82, 2.24) is 4.57 Å². The number of rotatable bonds is 4. The van der Waals surface area contributed by atoms with E-state index in [4.69, 9.17) is 5.73 Å². The summed E-state index contributed by atoms with van der Waals surface area (Å²) < 4.78 is 1.33. The second kappa shape index (κ2) is 6.26. The molecule has 2 aromatic rings. The predicted octanol–water partition coefficient (Wildman–Crippen LogP) is 1.79. The zero-order valence-electron chi connectivity index (χ0n) is 12.2. The van der Waals surface area contributed by atoms with Crippen LogP contribution in [0.15, 0.2) is 47.4 Å². The minimum Gasteiger partial charge on any atom is -0.398 e. The molecular formula is C16H19N3O2. The van der Waals surface area contributed by atoms with Crippen LogP contribution in [0.25, 0.3) is 0 Å². The van der Waals surface area contributed by atoms with Crippen molar-refractivity contribution in [2.45, 2.75) is 20.4 Å². The molecule has 21 heavy (non-hydrogen) atoms. The second-order valence-corrected chi connectivity index (χ2v) is 4.91. The first kappa shape index (κ1) is 14.8. The molecule has 0 aliphatic carbocycles. The van der Waals surface area contributed by atoms with E-state index < -0.39 is 0 Å². The molecule has 0 bridgehead atoms. The molecule has 0 saturated heterocycles. The van der Waals surface area contributed by atoms with Crippen LogP contribution in [0.2, 0.25) is 0 Å². The minimum atomic E-state index is -0.238. The number of nitrogens with two attached hydrogens (primary N) is 1. The maximum atomic E-state index is 12.4. The fraction of sp³-hybridized carbons (Fsp3) is 0.250. The lowest BCUT2D eigenvalue weighted by atomic mass is 10.2. The Bertz CT molecular complexity index is 707. The Balaban J connectivity index is 2.25. The lowest BCUT2D eigenvalue weighted by molar-refractivity contribution is -0.119. The summed E-state index contributed by atoms with van der Waals surface area (Å²) in [6.45, 7) is 4.40. The smallest absolute Gasteiger partial charge is 0.251 e. The molecule has 0 unspecified atom stereocenters. The van der Waals surface area contributed by atoms with Gasteiger partial charge in [0.1, 0.15) is 6.54 Å². The maximum absolute atomic E-state index is 12.4. The van der Waals surface area contributed by atoms with Gasteiger partial charge in [-0.05, 0) is 37.6 Å². The maximum Gasteiger partial charge on any atom is 0.251 e. The summed E-state index contributed by atoms with van der Waals surface area (Å²) in [6, 6.07) is 10.6. The van der Waals surface area contributed by atoms with Gasteiger partial charge in [0.2, 0.25) is 5.91 Å². The van der Waals surface area contributed by atoms with Crippen LogP contribution in [0.5, 0.6) is 0 Å². The fourth-order valence-corrected chi connectivity index (χ4v) is 2.20. The van der Waals surface area contributed by atoms with E-state index in [9.17, 15) is 9.59 Å². The summed E-state index contributed by atoms with van der Waals surface area (Å²) >= 11 is 0. The highest BCUT2D eigenvalue weighted by Crippen LogP contribution is 2.16. The average Bonchev–Trinajstić information content (AvgIpc) is 2.44. The lowest BCUT2D eigenvalue weighted by Crippen LogP contribution is -2.36. The zero-order valence-corrected chi connectivity index (χ0v) is 12.2. The van der Waals surface area contributed by atoms with Gasteiger partial charge in [0.05, 0.1) is 0 Å². The van der Waals surface area contributed by atoms with Crippen LogP contribution >= 0.6 is 0 Å². The van der Waals surface area contributed by atoms with Crippen LogP contribution in [0.4, 0.5) is 11.4 Å². The molecule has 0 fully saturated rings. The Morgan fingerprint density at radius 3 is 2.71 bits per heavy atom. The Morgan fingerprint density at radius 2 is 2.05 bits per heavy atom. The summed E-state index contributed by atoms with van der Waals surface area (Å²) in [5.41, 5.74) is 7.80. The molecule has 2 rings (SSSR count). The molecule has 1 aromatic carbocycles. The molecule has 5 nitrogen and oxygen atoms in total. The first-order valence-corrected chi connectivity index (χ1v) is 6.84. The molecule has 0 aliphatic heterocycles. The van der Waals surface area contributed by atoms with E-state index in [2.05, 4.69) is 0 Å². The third kappa shape index (κ3) is 3.51. The number of benzene rings is 1. The molecule has 1 heterocycles. The number of hydrogen-bond donors (Lipinski definition) is 1. The number of carbonyl (C=O) groups is 1. The lowest BCUT2D eigenvalue weighted by Gasteiger charge is -2.22. The van der Waals surface area contributed by atoms with Crippen molar-refractivity contribution < 1.29 is 4.79 Å². The van der Waals surface area contributed by atoms with Gasteiger partial charge in [0.25, 0.3) is 5.56 Å². The van der Waals surface area contributed by atoms with Crippen molar-refractivity contribution in [2.75, 3.05) is 17.2 Å². The van der Waals surface area contributed by atoms with Gasteiger partial charge in [0.15, 0.2) is 0 Å². The van der Waals surface area contributed by atoms with Crippen LogP contribution in [-0.4, -0.2) is 17.0 Å². The van der Waals surface area contributed by atoms with Gasteiger partial charge >= 0.3 is 0 Å². The third-order valence-electron chi connectivity index (χ3n) is 3.24. The monoisotopic (exact) mass is 285 g/mol. The Morgan fingerprint density at radius 1 is 1.29 bits per heavy atom. The number of nitrogen functional groups attached to an aromatic ring is 1. The SMILES string of the molecule is CCN(C(=O)Cn1cc(N)ccc1=O)c1cccc(C)c1. The highest BCUT2D eigenvalue weighted by molar-refractivity contribution is 5.93. The van der Waals surface area contributed by atoms with Gasteiger partial charge in [-0.25, -0.2) is 0 Å². The molecule has 1 amide bonds. The van der Waals surface area contributed by atoms with Crippen molar-refractivity contribution in [3.05, 3.63) is 58.5 Å². The van der Waals surface area contributed by atoms with Crippen LogP contribution < -0.4 is 16.2 Å². The van der Waals surface area contributed by atoms with Gasteiger partial charge < -0.3 is 15.2 Å². The molecule has 0 spiro atoms. The molecule has 5 heteroatoms. The highest BCUT2D eigenvalue weighted by Gasteiger charge is 2.15. The van der Waals surface area contributed by atoms with Crippen LogP contribution in [-0.2, 0) is 11.3 Å². The Hall–Kier alpha value is -2.56. The molecule has 0 atom stereocenters. The Labute approximate surface area is 123 Å². The van der Waals surface area contributed by atoms with Crippen molar-refractivity contribution in [3.8, 4) is 0 Å². The minimum absolute atomic E-state index is 0.0222. The van der Waals surface area contributed by atoms with E-state index in [0.717, 1.165) is 11.3 Å². The molecule has 1 aromatic heterocycles. The molecule has 0 radical (unpaired) electrons. The zero-order chi connectivity index (χ0) is 15.4. The van der Waals surface area contributed by atoms with Crippen molar-refractivity contribution in [2.24, 2.45) is 0 Å². The summed E-state index contributed by atoms with van der Waals surface area (Å²) in [5.74, 6) is -0.143. The van der Waals surface area contributed by atoms with E-state index in [-0.39, 0.29) is 18.0 Å². The predicted molar refractivity (Wildman–Crippen MR) is 84.3 cm³/mol. The van der Waals surface area contributed by atoms with Crippen molar-refractivity contribution >= 4 is 17.3 Å². The Kier molecular flexibility index (Phi) is 4.42. The normalized spacial score (nSPS) is 10.4. The first-order valence-electron chi connectivity index (χ1n) is 6.84. The number of pyridine rings is 1. The van der Waals surface area contributed by atoms with Crippen LogP contribution in [0, 0.1) is 6.92 Å². The van der Waals surface area contributed by atoms with Gasteiger partial charge in [0, 0.05) is 30.2 Å². The third-order valence-corrected chi connectivity index (χ3v) is 3.24. The van der Waals surface area contributed by atoms with Crippen molar-refractivity contribution in [3.63, 3.8) is 0 Å². The van der Waals surface area contributed by atoms with Gasteiger partial charge in [-0.3, -0.25) is 9.59 Å². The number of likely N-dealkylation sites (N-methyl/N-ethyl adjacent to an activating group) is 1. The highest BCUT2D eigenvalue weighted by atomic mass is 16.2. The van der Waals surface area contributed by atoms with E-state index in [1.165, 1.54) is 22.9 Å². The summed E-state index contributed by atoms with van der Waals surface area (Å²) in [4.78, 5) is 25.8. The molecule has 0 saturated carbocycles. The van der Waals surface area contributed by atoms with Gasteiger partial charge in [-0.2, -0.15) is 0 Å². The molecule has 2 N–H and O–H groups in total. The quantitative estimate of drug-likeness (QED) is 0.931. The number of carbonyl (C=O) groups excluding carboxylic acids is 1. The van der Waals surface area contributed by atoms with Crippen LogP contribution in [0.1, 0.15) is 12.5 Å². The topological polar surface area (TPSA) is 68.3 Å². The molecule has 110 valence electrons. The summed E-state index contributed by atoms with van der Waals surface area (Å²) in [6.07, 6.45) is 1.49. The van der Waals surface area contributed by atoms with E-state index >= 15 is 0 Å². The van der Waals surface area contributed by atoms with Crippen LogP contribution in [0.3, 0.4) is 0 Å². The number of nitrogens with zero attached hydrogens (tertiary/aromatic N) is 2. The number of aromatic nitrogens is 1. The standard InChI is InChI=1S/C16H19N3O2/c1-3-19(14-6-4-5-12(2)9-14)16(21)11-18-10-13(17)7-8-15(18)20/h4-10H,3,11,17H2,1-2H3. The number of anilines is 2. The number of hydrogen-bond acceptors (Lipinski definition) is 3. The fourth-order valence-electron chi connectivity index (χ4n) is 2.20.